The lowest BCUT2D eigenvalue weighted by Crippen LogP contribution is -2.27. The molecule has 1 aliphatic rings. The van der Waals surface area contributed by atoms with Crippen molar-refractivity contribution in [3.63, 3.8) is 0 Å². The Balaban J connectivity index is 2.27. The maximum absolute atomic E-state index is 5.73. The van der Waals surface area contributed by atoms with Crippen LogP contribution in [0.4, 0.5) is 5.69 Å². The summed E-state index contributed by atoms with van der Waals surface area (Å²) in [6.07, 6.45) is 4.92. The minimum Gasteiger partial charge on any atom is -0.368 e. The summed E-state index contributed by atoms with van der Waals surface area (Å²) in [4.78, 5) is 2.59. The van der Waals surface area contributed by atoms with Crippen molar-refractivity contribution in [1.82, 2.24) is 0 Å². The van der Waals surface area contributed by atoms with Crippen LogP contribution in [0.1, 0.15) is 37.3 Å². The van der Waals surface area contributed by atoms with Crippen LogP contribution >= 0.6 is 0 Å². The van der Waals surface area contributed by atoms with Crippen molar-refractivity contribution in [2.45, 2.75) is 45.6 Å². The fraction of sp³-hybridized carbons (Fsp3) is 0.600. The van der Waals surface area contributed by atoms with Gasteiger partial charge >= 0.3 is 0 Å². The van der Waals surface area contributed by atoms with Crippen LogP contribution in [0.25, 0.3) is 0 Å². The molecule has 0 unspecified atom stereocenters. The molecule has 1 fully saturated rings. The zero-order valence-corrected chi connectivity index (χ0v) is 11.1. The first-order valence-corrected chi connectivity index (χ1v) is 6.82. The van der Waals surface area contributed by atoms with Crippen molar-refractivity contribution in [3.05, 3.63) is 29.3 Å². The smallest absolute Gasteiger partial charge is 0.0401 e. The predicted octanol–water partition coefficient (Wildman–Crippen LogP) is 2.88. The molecule has 0 aromatic heterocycles. The summed E-state index contributed by atoms with van der Waals surface area (Å²) in [7, 11) is 0. The van der Waals surface area contributed by atoms with Crippen molar-refractivity contribution in [2.75, 3.05) is 18.0 Å². The van der Waals surface area contributed by atoms with E-state index in [1.807, 2.05) is 0 Å². The quantitative estimate of drug-likeness (QED) is 0.817. The Morgan fingerprint density at radius 3 is 2.71 bits per heavy atom. The molecule has 0 aliphatic heterocycles. The number of rotatable bonds is 6. The first-order valence-electron chi connectivity index (χ1n) is 6.82. The van der Waals surface area contributed by atoms with Gasteiger partial charge in [-0.15, -0.1) is 0 Å². The van der Waals surface area contributed by atoms with E-state index in [0.717, 1.165) is 19.0 Å². The average Bonchev–Trinajstić information content (AvgIpc) is 3.11. The molecule has 0 heterocycles. The van der Waals surface area contributed by atoms with Crippen molar-refractivity contribution in [1.29, 1.82) is 0 Å². The fourth-order valence-electron chi connectivity index (χ4n) is 2.48. The Labute approximate surface area is 105 Å². The Bertz CT molecular complexity index is 369. The SMILES string of the molecule is CCCN(c1ccc(C)cc1CCN)C1CC1. The first-order chi connectivity index (χ1) is 8.26. The zero-order chi connectivity index (χ0) is 12.3. The molecule has 0 spiro atoms. The molecule has 0 amide bonds. The van der Waals surface area contributed by atoms with E-state index >= 15 is 0 Å². The zero-order valence-electron chi connectivity index (χ0n) is 11.1. The molecule has 2 rings (SSSR count). The number of nitrogens with zero attached hydrogens (tertiary/aromatic N) is 1. The van der Waals surface area contributed by atoms with Crippen LogP contribution in [0.5, 0.6) is 0 Å². The molecular formula is C15H24N2. The van der Waals surface area contributed by atoms with Gasteiger partial charge in [0.25, 0.3) is 0 Å². The maximum Gasteiger partial charge on any atom is 0.0401 e. The van der Waals surface area contributed by atoms with Gasteiger partial charge in [0, 0.05) is 18.3 Å². The van der Waals surface area contributed by atoms with Gasteiger partial charge in [0.15, 0.2) is 0 Å². The molecule has 1 aromatic rings. The first kappa shape index (κ1) is 12.4. The molecular weight excluding hydrogens is 208 g/mol. The van der Waals surface area contributed by atoms with Crippen LogP contribution < -0.4 is 10.6 Å². The van der Waals surface area contributed by atoms with Gasteiger partial charge in [-0.1, -0.05) is 24.6 Å². The highest BCUT2D eigenvalue weighted by atomic mass is 15.2. The highest BCUT2D eigenvalue weighted by molar-refractivity contribution is 5.56. The van der Waals surface area contributed by atoms with Gasteiger partial charge < -0.3 is 10.6 Å². The number of hydrogen-bond acceptors (Lipinski definition) is 2. The molecule has 0 radical (unpaired) electrons. The number of anilines is 1. The molecule has 0 saturated heterocycles. The van der Waals surface area contributed by atoms with E-state index in [4.69, 9.17) is 5.73 Å². The molecule has 17 heavy (non-hydrogen) atoms. The van der Waals surface area contributed by atoms with Crippen LogP contribution in [0.3, 0.4) is 0 Å². The van der Waals surface area contributed by atoms with Crippen LogP contribution in [-0.4, -0.2) is 19.1 Å². The van der Waals surface area contributed by atoms with Crippen LogP contribution in [-0.2, 0) is 6.42 Å². The monoisotopic (exact) mass is 232 g/mol. The lowest BCUT2D eigenvalue weighted by Gasteiger charge is -2.27. The summed E-state index contributed by atoms with van der Waals surface area (Å²) < 4.78 is 0. The van der Waals surface area contributed by atoms with Gasteiger partial charge in [0.1, 0.15) is 0 Å². The molecule has 2 nitrogen and oxygen atoms in total. The standard InChI is InChI=1S/C15H24N2/c1-3-10-17(14-5-6-14)15-7-4-12(2)11-13(15)8-9-16/h4,7,11,14H,3,5-6,8-10,16H2,1-2H3. The van der Waals surface area contributed by atoms with Gasteiger partial charge in [0.2, 0.25) is 0 Å². The van der Waals surface area contributed by atoms with E-state index in [1.165, 1.54) is 42.6 Å². The molecule has 1 aliphatic carbocycles. The molecule has 0 bridgehead atoms. The summed E-state index contributed by atoms with van der Waals surface area (Å²) in [6, 6.07) is 7.59. The van der Waals surface area contributed by atoms with Gasteiger partial charge in [0.05, 0.1) is 0 Å². The molecule has 2 heteroatoms. The van der Waals surface area contributed by atoms with Crippen molar-refractivity contribution in [3.8, 4) is 0 Å². The third kappa shape index (κ3) is 3.01. The van der Waals surface area contributed by atoms with Gasteiger partial charge in [-0.3, -0.25) is 0 Å². The Kier molecular flexibility index (Phi) is 4.06. The lowest BCUT2D eigenvalue weighted by atomic mass is 10.0. The van der Waals surface area contributed by atoms with Crippen molar-refractivity contribution < 1.29 is 0 Å². The average molecular weight is 232 g/mol. The minimum atomic E-state index is 0.737. The van der Waals surface area contributed by atoms with Crippen LogP contribution in [0.2, 0.25) is 0 Å². The third-order valence-electron chi connectivity index (χ3n) is 3.41. The number of benzene rings is 1. The largest absolute Gasteiger partial charge is 0.368 e. The lowest BCUT2D eigenvalue weighted by molar-refractivity contribution is 0.756. The highest BCUT2D eigenvalue weighted by Crippen LogP contribution is 2.34. The van der Waals surface area contributed by atoms with E-state index in [0.29, 0.717) is 0 Å². The number of hydrogen-bond donors (Lipinski definition) is 1. The Hall–Kier alpha value is -1.02. The summed E-state index contributed by atoms with van der Waals surface area (Å²) in [5, 5.41) is 0. The number of nitrogens with two attached hydrogens (primary N) is 1. The van der Waals surface area contributed by atoms with E-state index in [-0.39, 0.29) is 0 Å². The van der Waals surface area contributed by atoms with E-state index in [9.17, 15) is 0 Å². The predicted molar refractivity (Wildman–Crippen MR) is 74.6 cm³/mol. The van der Waals surface area contributed by atoms with Gasteiger partial charge in [-0.05, 0) is 50.8 Å². The summed E-state index contributed by atoms with van der Waals surface area (Å²) >= 11 is 0. The Morgan fingerprint density at radius 2 is 2.12 bits per heavy atom. The van der Waals surface area contributed by atoms with Crippen molar-refractivity contribution in [2.24, 2.45) is 5.73 Å². The number of aryl methyl sites for hydroxylation is 1. The second-order valence-corrected chi connectivity index (χ2v) is 5.10. The highest BCUT2D eigenvalue weighted by Gasteiger charge is 2.29. The van der Waals surface area contributed by atoms with Crippen molar-refractivity contribution >= 4 is 5.69 Å². The van der Waals surface area contributed by atoms with E-state index in [1.54, 1.807) is 0 Å². The van der Waals surface area contributed by atoms with E-state index < -0.39 is 0 Å². The molecule has 1 aromatic carbocycles. The molecule has 94 valence electrons. The third-order valence-corrected chi connectivity index (χ3v) is 3.41. The van der Waals surface area contributed by atoms with Gasteiger partial charge in [-0.2, -0.15) is 0 Å². The second-order valence-electron chi connectivity index (χ2n) is 5.10. The van der Waals surface area contributed by atoms with E-state index in [2.05, 4.69) is 36.9 Å². The summed E-state index contributed by atoms with van der Waals surface area (Å²) in [5.41, 5.74) is 9.91. The fourth-order valence-corrected chi connectivity index (χ4v) is 2.48. The minimum absolute atomic E-state index is 0.737. The summed E-state index contributed by atoms with van der Waals surface area (Å²) in [5.74, 6) is 0. The molecule has 2 N–H and O–H groups in total. The van der Waals surface area contributed by atoms with Crippen LogP contribution in [0, 0.1) is 6.92 Å². The van der Waals surface area contributed by atoms with Crippen LogP contribution in [0.15, 0.2) is 18.2 Å². The van der Waals surface area contributed by atoms with Gasteiger partial charge in [-0.25, -0.2) is 0 Å². The second kappa shape index (κ2) is 5.54. The normalized spacial score (nSPS) is 15.0. The molecule has 0 atom stereocenters. The Morgan fingerprint density at radius 1 is 1.35 bits per heavy atom. The molecule has 1 saturated carbocycles. The topological polar surface area (TPSA) is 29.3 Å². The maximum atomic E-state index is 5.73. The summed E-state index contributed by atoms with van der Waals surface area (Å²) in [6.45, 7) is 6.32.